The van der Waals surface area contributed by atoms with Crippen LogP contribution in [-0.2, 0) is 16.0 Å². The molecular formula is C11H11ClO2. The quantitative estimate of drug-likeness (QED) is 0.526. The van der Waals surface area contributed by atoms with Gasteiger partial charge in [0.1, 0.15) is 6.10 Å². The van der Waals surface area contributed by atoms with Crippen LogP contribution in [0.15, 0.2) is 24.3 Å². The molecule has 2 rings (SSSR count). The molecule has 0 radical (unpaired) electrons. The lowest BCUT2D eigenvalue weighted by molar-refractivity contribution is -0.146. The predicted octanol–water partition coefficient (Wildman–Crippen LogP) is 2.45. The maximum atomic E-state index is 10.9. The summed E-state index contributed by atoms with van der Waals surface area (Å²) in [4.78, 5) is 10.9. The smallest absolute Gasteiger partial charge is 0.303 e. The zero-order valence-electron chi connectivity index (χ0n) is 7.87. The zero-order valence-corrected chi connectivity index (χ0v) is 8.62. The van der Waals surface area contributed by atoms with Crippen molar-refractivity contribution < 1.29 is 9.53 Å². The summed E-state index contributed by atoms with van der Waals surface area (Å²) in [5.74, 6) is -0.280. The molecule has 1 aromatic carbocycles. The molecule has 0 N–H and O–H groups in total. The predicted molar refractivity (Wildman–Crippen MR) is 54.3 cm³/mol. The Hall–Kier alpha value is -1.02. The van der Waals surface area contributed by atoms with Gasteiger partial charge in [-0.25, -0.2) is 0 Å². The molecule has 74 valence electrons. The van der Waals surface area contributed by atoms with Crippen molar-refractivity contribution in [3.05, 3.63) is 35.4 Å². The fourth-order valence-corrected chi connectivity index (χ4v) is 2.18. The van der Waals surface area contributed by atoms with Crippen LogP contribution < -0.4 is 0 Å². The molecule has 0 saturated heterocycles. The van der Waals surface area contributed by atoms with Gasteiger partial charge < -0.3 is 4.74 Å². The number of hydrogen-bond acceptors (Lipinski definition) is 2. The van der Waals surface area contributed by atoms with Gasteiger partial charge in [-0.2, -0.15) is 0 Å². The standard InChI is InChI=1S/C11H11ClO2/c1-7(13)14-11-9-5-3-2-4-8(9)6-10(11)12/h2-5,10-11H,6H2,1H3. The number of carbonyl (C=O) groups excluding carboxylic acids is 1. The van der Waals surface area contributed by atoms with Gasteiger partial charge in [-0.1, -0.05) is 24.3 Å². The molecule has 0 fully saturated rings. The molecule has 1 aromatic rings. The van der Waals surface area contributed by atoms with Crippen LogP contribution in [-0.4, -0.2) is 11.3 Å². The Kier molecular flexibility index (Phi) is 2.46. The number of hydrogen-bond donors (Lipinski definition) is 0. The molecular weight excluding hydrogens is 200 g/mol. The number of fused-ring (bicyclic) bond motifs is 1. The van der Waals surface area contributed by atoms with Crippen molar-refractivity contribution in [3.8, 4) is 0 Å². The minimum absolute atomic E-state index is 0.128. The van der Waals surface area contributed by atoms with Crippen LogP contribution in [0.4, 0.5) is 0 Å². The molecule has 2 nitrogen and oxygen atoms in total. The highest BCUT2D eigenvalue weighted by Gasteiger charge is 2.32. The van der Waals surface area contributed by atoms with Crippen molar-refractivity contribution in [2.45, 2.75) is 24.8 Å². The van der Waals surface area contributed by atoms with Crippen molar-refractivity contribution in [1.82, 2.24) is 0 Å². The van der Waals surface area contributed by atoms with E-state index in [4.69, 9.17) is 16.3 Å². The van der Waals surface area contributed by atoms with Gasteiger partial charge in [0, 0.05) is 6.92 Å². The molecule has 0 bridgehead atoms. The number of ether oxygens (including phenoxy) is 1. The first kappa shape index (κ1) is 9.53. The van der Waals surface area contributed by atoms with Crippen molar-refractivity contribution in [3.63, 3.8) is 0 Å². The molecule has 0 saturated carbocycles. The first-order chi connectivity index (χ1) is 6.68. The van der Waals surface area contributed by atoms with Gasteiger partial charge in [-0.05, 0) is 17.5 Å². The van der Waals surface area contributed by atoms with Gasteiger partial charge >= 0.3 is 5.97 Å². The van der Waals surface area contributed by atoms with E-state index in [9.17, 15) is 4.79 Å². The molecule has 1 aliphatic carbocycles. The van der Waals surface area contributed by atoms with Crippen molar-refractivity contribution >= 4 is 17.6 Å². The highest BCUT2D eigenvalue weighted by atomic mass is 35.5. The number of carbonyl (C=O) groups is 1. The van der Waals surface area contributed by atoms with Gasteiger partial charge in [-0.15, -0.1) is 11.6 Å². The average Bonchev–Trinajstić information content (AvgIpc) is 2.43. The monoisotopic (exact) mass is 210 g/mol. The highest BCUT2D eigenvalue weighted by molar-refractivity contribution is 6.21. The van der Waals surface area contributed by atoms with Gasteiger partial charge in [0.05, 0.1) is 5.38 Å². The van der Waals surface area contributed by atoms with Gasteiger partial charge in [0.25, 0.3) is 0 Å². The number of esters is 1. The summed E-state index contributed by atoms with van der Waals surface area (Å²) in [6.45, 7) is 1.41. The number of benzene rings is 1. The van der Waals surface area contributed by atoms with E-state index >= 15 is 0 Å². The Bertz CT molecular complexity index is 362. The molecule has 2 atom stereocenters. The summed E-state index contributed by atoms with van der Waals surface area (Å²) in [7, 11) is 0. The van der Waals surface area contributed by atoms with E-state index in [2.05, 4.69) is 0 Å². The molecule has 2 unspecified atom stereocenters. The van der Waals surface area contributed by atoms with E-state index in [1.54, 1.807) is 0 Å². The second-order valence-electron chi connectivity index (χ2n) is 3.45. The van der Waals surface area contributed by atoms with Gasteiger partial charge in [0.2, 0.25) is 0 Å². The third kappa shape index (κ3) is 1.62. The Balaban J connectivity index is 2.30. The zero-order chi connectivity index (χ0) is 10.1. The van der Waals surface area contributed by atoms with Gasteiger partial charge in [0.15, 0.2) is 0 Å². The average molecular weight is 211 g/mol. The first-order valence-electron chi connectivity index (χ1n) is 4.57. The van der Waals surface area contributed by atoms with E-state index in [0.29, 0.717) is 0 Å². The lowest BCUT2D eigenvalue weighted by atomic mass is 10.1. The topological polar surface area (TPSA) is 26.3 Å². The summed E-state index contributed by atoms with van der Waals surface area (Å²) < 4.78 is 5.18. The molecule has 1 aliphatic rings. The normalized spacial score (nSPS) is 24.4. The fraction of sp³-hybridized carbons (Fsp3) is 0.364. The Morgan fingerprint density at radius 3 is 2.93 bits per heavy atom. The summed E-state index contributed by atoms with van der Waals surface area (Å²) in [6.07, 6.45) is 0.501. The van der Waals surface area contributed by atoms with Crippen LogP contribution in [0.5, 0.6) is 0 Å². The first-order valence-corrected chi connectivity index (χ1v) is 5.01. The lowest BCUT2D eigenvalue weighted by Crippen LogP contribution is -2.13. The summed E-state index contributed by atoms with van der Waals surface area (Å²) in [6, 6.07) is 7.89. The van der Waals surface area contributed by atoms with E-state index < -0.39 is 0 Å². The molecule has 0 spiro atoms. The second-order valence-corrected chi connectivity index (χ2v) is 4.01. The highest BCUT2D eigenvalue weighted by Crippen LogP contribution is 2.37. The molecule has 3 heteroatoms. The molecule has 0 aromatic heterocycles. The lowest BCUT2D eigenvalue weighted by Gasteiger charge is -2.14. The summed E-state index contributed by atoms with van der Waals surface area (Å²) in [5, 5.41) is -0.128. The SMILES string of the molecule is CC(=O)OC1c2ccccc2CC1Cl. The summed E-state index contributed by atoms with van der Waals surface area (Å²) in [5.41, 5.74) is 2.22. The van der Waals surface area contributed by atoms with Crippen LogP contribution in [0.1, 0.15) is 24.2 Å². The van der Waals surface area contributed by atoms with Crippen LogP contribution in [0.2, 0.25) is 0 Å². The van der Waals surface area contributed by atoms with E-state index in [1.165, 1.54) is 12.5 Å². The molecule has 0 amide bonds. The van der Waals surface area contributed by atoms with Crippen LogP contribution in [0.3, 0.4) is 0 Å². The van der Waals surface area contributed by atoms with Crippen molar-refractivity contribution in [1.29, 1.82) is 0 Å². The maximum absolute atomic E-state index is 10.9. The summed E-state index contributed by atoms with van der Waals surface area (Å²) >= 11 is 6.11. The Labute approximate surface area is 87.8 Å². The molecule has 14 heavy (non-hydrogen) atoms. The Morgan fingerprint density at radius 2 is 2.21 bits per heavy atom. The maximum Gasteiger partial charge on any atom is 0.303 e. The minimum Gasteiger partial charge on any atom is -0.456 e. The van der Waals surface area contributed by atoms with E-state index in [0.717, 1.165) is 12.0 Å². The largest absolute Gasteiger partial charge is 0.456 e. The van der Waals surface area contributed by atoms with Gasteiger partial charge in [-0.3, -0.25) is 4.79 Å². The van der Waals surface area contributed by atoms with Crippen LogP contribution in [0, 0.1) is 0 Å². The number of halogens is 1. The van der Waals surface area contributed by atoms with Crippen molar-refractivity contribution in [2.24, 2.45) is 0 Å². The van der Waals surface area contributed by atoms with Crippen LogP contribution in [0.25, 0.3) is 0 Å². The van der Waals surface area contributed by atoms with E-state index in [1.807, 2.05) is 24.3 Å². The van der Waals surface area contributed by atoms with E-state index in [-0.39, 0.29) is 17.5 Å². The third-order valence-electron chi connectivity index (χ3n) is 2.40. The third-order valence-corrected chi connectivity index (χ3v) is 2.78. The minimum atomic E-state index is -0.280. The second kappa shape index (κ2) is 3.62. The molecule has 0 aliphatic heterocycles. The Morgan fingerprint density at radius 1 is 1.50 bits per heavy atom. The van der Waals surface area contributed by atoms with Crippen molar-refractivity contribution in [2.75, 3.05) is 0 Å². The van der Waals surface area contributed by atoms with Crippen LogP contribution >= 0.6 is 11.6 Å². The number of alkyl halides is 1. The molecule has 0 heterocycles. The number of rotatable bonds is 1. The fourth-order valence-electron chi connectivity index (χ4n) is 1.83.